The lowest BCUT2D eigenvalue weighted by molar-refractivity contribution is -0.117. The molecule has 3 aromatic rings. The maximum Gasteiger partial charge on any atom is 0.253 e. The summed E-state index contributed by atoms with van der Waals surface area (Å²) in [5.41, 5.74) is 7.79. The molecule has 1 aliphatic heterocycles. The van der Waals surface area contributed by atoms with Gasteiger partial charge in [0.2, 0.25) is 5.91 Å². The zero-order valence-corrected chi connectivity index (χ0v) is 34.1. The number of carbonyl (C=O) groups is 2. The zero-order valence-electron chi connectivity index (χ0n) is 31.1. The smallest absolute Gasteiger partial charge is 0.253 e. The summed E-state index contributed by atoms with van der Waals surface area (Å²) in [7, 11) is 0. The van der Waals surface area contributed by atoms with Crippen LogP contribution in [-0.4, -0.2) is 24.3 Å². The molecule has 0 spiro atoms. The fraction of sp³-hybridized carbons (Fsp3) is 0.475. The normalized spacial score (nSPS) is 14.6. The molecule has 0 saturated carbocycles. The lowest BCUT2D eigenvalue weighted by Gasteiger charge is -2.36. The third kappa shape index (κ3) is 9.53. The average molecular weight is 777 g/mol. The van der Waals surface area contributed by atoms with Gasteiger partial charge in [-0.15, -0.1) is 0 Å². The molecule has 1 fully saturated rings. The van der Waals surface area contributed by atoms with Crippen molar-refractivity contribution in [3.8, 4) is 5.75 Å². The first-order valence-electron chi connectivity index (χ1n) is 17.6. The summed E-state index contributed by atoms with van der Waals surface area (Å²) < 4.78 is 6.65. The van der Waals surface area contributed by atoms with Gasteiger partial charge in [-0.25, -0.2) is 10.0 Å². The highest BCUT2D eigenvalue weighted by Crippen LogP contribution is 2.46. The Morgan fingerprint density at radius 2 is 1.41 bits per heavy atom. The number of carbonyl (C=O) groups excluding carboxylic acids is 2. The number of anilines is 2. The summed E-state index contributed by atoms with van der Waals surface area (Å²) >= 11 is 25.2. The fourth-order valence-electron chi connectivity index (χ4n) is 5.66. The predicted octanol–water partition coefficient (Wildman–Crippen LogP) is 12.1. The summed E-state index contributed by atoms with van der Waals surface area (Å²) in [6, 6.07) is 12.7. The third-order valence-electron chi connectivity index (χ3n) is 10.3. The van der Waals surface area contributed by atoms with E-state index in [0.717, 1.165) is 25.0 Å². The van der Waals surface area contributed by atoms with Gasteiger partial charge in [0.15, 0.2) is 0 Å². The number of ether oxygens (including phenoxy) is 1. The summed E-state index contributed by atoms with van der Waals surface area (Å²) in [4.78, 5) is 30.5. The van der Waals surface area contributed by atoms with Gasteiger partial charge in [-0.2, -0.15) is 0 Å². The van der Waals surface area contributed by atoms with Gasteiger partial charge in [0.05, 0.1) is 33.8 Å². The van der Waals surface area contributed by atoms with Crippen molar-refractivity contribution in [1.29, 1.82) is 0 Å². The molecule has 1 aliphatic rings. The number of halogens is 4. The molecule has 0 bridgehead atoms. The van der Waals surface area contributed by atoms with E-state index in [0.29, 0.717) is 40.3 Å². The maximum atomic E-state index is 13.1. The van der Waals surface area contributed by atoms with E-state index in [1.807, 2.05) is 0 Å². The molecule has 276 valence electrons. The van der Waals surface area contributed by atoms with Crippen LogP contribution < -0.4 is 20.5 Å². The molecule has 1 saturated heterocycles. The van der Waals surface area contributed by atoms with Crippen molar-refractivity contribution in [2.75, 3.05) is 16.9 Å². The Hall–Kier alpha value is -2.97. The van der Waals surface area contributed by atoms with Gasteiger partial charge in [-0.05, 0) is 77.8 Å². The molecule has 0 aromatic heterocycles. The average Bonchev–Trinajstić information content (AvgIpc) is 3.42. The lowest BCUT2D eigenvalue weighted by Crippen LogP contribution is -2.36. The van der Waals surface area contributed by atoms with Crippen LogP contribution in [0.2, 0.25) is 20.1 Å². The van der Waals surface area contributed by atoms with Crippen LogP contribution in [-0.2, 0) is 25.8 Å². The first kappa shape index (κ1) is 40.8. The van der Waals surface area contributed by atoms with E-state index in [9.17, 15) is 9.59 Å². The molecule has 0 unspecified atom stereocenters. The van der Waals surface area contributed by atoms with E-state index < -0.39 is 0 Å². The second-order valence-electron chi connectivity index (χ2n) is 15.1. The van der Waals surface area contributed by atoms with Crippen LogP contribution in [0.1, 0.15) is 118 Å². The number of rotatable bonds is 14. The van der Waals surface area contributed by atoms with Crippen LogP contribution in [0.25, 0.3) is 0 Å². The summed E-state index contributed by atoms with van der Waals surface area (Å²) in [6.07, 6.45) is 3.74. The van der Waals surface area contributed by atoms with Crippen molar-refractivity contribution in [3.63, 3.8) is 0 Å². The first-order chi connectivity index (χ1) is 23.8. The minimum Gasteiger partial charge on any atom is -0.493 e. The Kier molecular flexibility index (Phi) is 13.1. The Labute approximate surface area is 323 Å². The van der Waals surface area contributed by atoms with Crippen molar-refractivity contribution < 1.29 is 14.3 Å². The minimum atomic E-state index is -0.306. The van der Waals surface area contributed by atoms with Crippen LogP contribution in [0.4, 0.5) is 17.1 Å². The molecule has 0 aliphatic carbocycles. The van der Waals surface area contributed by atoms with Gasteiger partial charge in [-0.1, -0.05) is 121 Å². The maximum absolute atomic E-state index is 13.1. The second kappa shape index (κ2) is 16.4. The predicted molar refractivity (Wildman–Crippen MR) is 215 cm³/mol. The molecule has 7 nitrogen and oxygen atoms in total. The quantitative estimate of drug-likeness (QED) is 0.160. The lowest BCUT2D eigenvalue weighted by atomic mass is 9.71. The van der Waals surface area contributed by atoms with E-state index in [2.05, 4.69) is 90.2 Å². The zero-order chi connectivity index (χ0) is 37.9. The molecule has 2 N–H and O–H groups in total. The van der Waals surface area contributed by atoms with E-state index in [1.165, 1.54) is 33.8 Å². The van der Waals surface area contributed by atoms with Crippen molar-refractivity contribution in [1.82, 2.24) is 5.43 Å². The standard InChI is InChI=1S/C40H50Cl4N4O3/c1-10-38(4,5)24-18-27(39(6,7)11-2)37(28(19-24)40(8,9)12-3)51-17-13-14-34(49)45-26-15-16-29(42)32(22-26)46-33-23-35(50)48(47-33)36-30(43)20-25(41)21-31(36)44/h15-16,18-22H,10-14,17,23H2,1-9H3,(H,45,49)(H,46,47). The molecule has 11 heteroatoms. The Bertz CT molecular complexity index is 1760. The van der Waals surface area contributed by atoms with Crippen molar-refractivity contribution in [2.24, 2.45) is 4.99 Å². The second-order valence-corrected chi connectivity index (χ2v) is 16.7. The van der Waals surface area contributed by atoms with E-state index >= 15 is 0 Å². The molecule has 4 rings (SSSR count). The highest BCUT2D eigenvalue weighted by atomic mass is 35.5. The number of nitrogens with one attached hydrogen (secondary N) is 2. The highest BCUT2D eigenvalue weighted by Gasteiger charge is 2.34. The van der Waals surface area contributed by atoms with E-state index in [4.69, 9.17) is 51.1 Å². The summed E-state index contributed by atoms with van der Waals surface area (Å²) in [5, 5.41) is 5.32. The molecular formula is C40H50Cl4N4O3. The van der Waals surface area contributed by atoms with Gasteiger partial charge in [0.1, 0.15) is 17.3 Å². The summed E-state index contributed by atoms with van der Waals surface area (Å²) in [5.74, 6) is 0.825. The highest BCUT2D eigenvalue weighted by molar-refractivity contribution is 6.42. The van der Waals surface area contributed by atoms with Crippen molar-refractivity contribution >= 4 is 81.1 Å². The largest absolute Gasteiger partial charge is 0.493 e. The minimum absolute atomic E-state index is 0.0321. The van der Waals surface area contributed by atoms with Crippen molar-refractivity contribution in [2.45, 2.75) is 117 Å². The molecule has 3 aromatic carbocycles. The fourth-order valence-corrected chi connectivity index (χ4v) is 6.81. The van der Waals surface area contributed by atoms with Gasteiger partial charge in [0, 0.05) is 28.3 Å². The number of amidine groups is 1. The van der Waals surface area contributed by atoms with Gasteiger partial charge in [0.25, 0.3) is 5.91 Å². The van der Waals surface area contributed by atoms with Gasteiger partial charge >= 0.3 is 0 Å². The Balaban J connectivity index is 1.47. The SMILES string of the molecule is CCC(C)(C)c1cc(C(C)(C)CC)c(OCCCC(=O)Nc2ccc(Cl)c(N=C3CC(=O)N(c4c(Cl)cc(Cl)cc4Cl)N3)c2)c(C(C)(C)CC)c1. The first-order valence-corrected chi connectivity index (χ1v) is 19.1. The molecule has 2 amide bonds. The molecule has 0 atom stereocenters. The van der Waals surface area contributed by atoms with Gasteiger partial charge < -0.3 is 10.1 Å². The van der Waals surface area contributed by atoms with Crippen LogP contribution in [0.15, 0.2) is 47.5 Å². The van der Waals surface area contributed by atoms with Crippen molar-refractivity contribution in [3.05, 3.63) is 79.2 Å². The number of hydrogen-bond acceptors (Lipinski definition) is 4. The number of aliphatic imine (C=N–C) groups is 1. The number of hydrazine groups is 1. The number of benzene rings is 3. The van der Waals surface area contributed by atoms with Crippen LogP contribution in [0, 0.1) is 0 Å². The molecule has 51 heavy (non-hydrogen) atoms. The molecule has 0 radical (unpaired) electrons. The topological polar surface area (TPSA) is 83.0 Å². The number of amides is 2. The van der Waals surface area contributed by atoms with Crippen LogP contribution in [0.3, 0.4) is 0 Å². The van der Waals surface area contributed by atoms with Crippen LogP contribution in [0.5, 0.6) is 5.75 Å². The van der Waals surface area contributed by atoms with E-state index in [1.54, 1.807) is 18.2 Å². The van der Waals surface area contributed by atoms with E-state index in [-0.39, 0.29) is 56.6 Å². The summed E-state index contributed by atoms with van der Waals surface area (Å²) in [6.45, 7) is 20.8. The molecular weight excluding hydrogens is 726 g/mol. The monoisotopic (exact) mass is 774 g/mol. The van der Waals surface area contributed by atoms with Gasteiger partial charge in [-0.3, -0.25) is 15.0 Å². The molecule has 1 heterocycles. The Morgan fingerprint density at radius 1 is 0.843 bits per heavy atom. The third-order valence-corrected chi connectivity index (χ3v) is 11.4. The number of nitrogens with zero attached hydrogens (tertiary/aromatic N) is 2. The number of hydrogen-bond donors (Lipinski definition) is 2. The Morgan fingerprint density at radius 3 is 1.96 bits per heavy atom. The van der Waals surface area contributed by atoms with Crippen LogP contribution >= 0.6 is 46.4 Å².